The van der Waals surface area contributed by atoms with Crippen molar-refractivity contribution in [2.75, 3.05) is 25.4 Å². The van der Waals surface area contributed by atoms with Gasteiger partial charge in [-0.2, -0.15) is 0 Å². The smallest absolute Gasteiger partial charge is 0.232 e. The number of benzene rings is 1. The first-order valence-corrected chi connectivity index (χ1v) is 9.40. The summed E-state index contributed by atoms with van der Waals surface area (Å²) in [6.07, 6.45) is 5.02. The van der Waals surface area contributed by atoms with Crippen LogP contribution in [0.3, 0.4) is 0 Å². The fraction of sp³-hybridized carbons (Fsp3) is 0.611. The van der Waals surface area contributed by atoms with Crippen molar-refractivity contribution >= 4 is 30.1 Å². The van der Waals surface area contributed by atoms with Crippen molar-refractivity contribution in [1.82, 2.24) is 10.2 Å². The Hall–Kier alpha value is -0.710. The van der Waals surface area contributed by atoms with Crippen LogP contribution in [0.2, 0.25) is 0 Å². The summed E-state index contributed by atoms with van der Waals surface area (Å²) in [6, 6.07) is 9.02. The molecular formula is C18H27ClN2OS. The van der Waals surface area contributed by atoms with Crippen molar-refractivity contribution in [3.8, 4) is 0 Å². The van der Waals surface area contributed by atoms with Gasteiger partial charge in [0.15, 0.2) is 0 Å². The Bertz CT molecular complexity index is 496. The summed E-state index contributed by atoms with van der Waals surface area (Å²) in [4.78, 5) is 15.5. The van der Waals surface area contributed by atoms with Gasteiger partial charge in [0.25, 0.3) is 0 Å². The van der Waals surface area contributed by atoms with E-state index in [-0.39, 0.29) is 18.3 Å². The van der Waals surface area contributed by atoms with Crippen molar-refractivity contribution < 1.29 is 4.79 Å². The SMILES string of the molecule is Cc1ccc(SCC(=O)N2CCC(NCC3CC3)CC2)cc1.Cl. The molecule has 0 aromatic heterocycles. The molecule has 0 radical (unpaired) electrons. The number of nitrogens with zero attached hydrogens (tertiary/aromatic N) is 1. The first-order chi connectivity index (χ1) is 10.7. The van der Waals surface area contributed by atoms with Crippen molar-refractivity contribution in [2.45, 2.75) is 43.5 Å². The highest BCUT2D eigenvalue weighted by Gasteiger charge is 2.25. The molecule has 2 fully saturated rings. The lowest BCUT2D eigenvalue weighted by Gasteiger charge is -2.32. The molecule has 1 aliphatic carbocycles. The van der Waals surface area contributed by atoms with Gasteiger partial charge in [0.2, 0.25) is 5.91 Å². The highest BCUT2D eigenvalue weighted by molar-refractivity contribution is 8.00. The quantitative estimate of drug-likeness (QED) is 0.793. The molecule has 3 nitrogen and oxygen atoms in total. The first-order valence-electron chi connectivity index (χ1n) is 8.41. The zero-order valence-electron chi connectivity index (χ0n) is 13.8. The van der Waals surface area contributed by atoms with E-state index in [4.69, 9.17) is 0 Å². The van der Waals surface area contributed by atoms with Gasteiger partial charge in [0.1, 0.15) is 0 Å². The van der Waals surface area contributed by atoms with Crippen LogP contribution in [0.25, 0.3) is 0 Å². The first kappa shape index (κ1) is 18.6. The van der Waals surface area contributed by atoms with E-state index in [1.807, 2.05) is 4.90 Å². The monoisotopic (exact) mass is 354 g/mol. The zero-order chi connectivity index (χ0) is 15.4. The summed E-state index contributed by atoms with van der Waals surface area (Å²) >= 11 is 1.65. The lowest BCUT2D eigenvalue weighted by molar-refractivity contribution is -0.129. The average Bonchev–Trinajstić information content (AvgIpc) is 3.37. The van der Waals surface area contributed by atoms with Gasteiger partial charge >= 0.3 is 0 Å². The molecule has 1 amide bonds. The number of carbonyl (C=O) groups excluding carboxylic acids is 1. The van der Waals surface area contributed by atoms with Crippen molar-refractivity contribution in [1.29, 1.82) is 0 Å². The summed E-state index contributed by atoms with van der Waals surface area (Å²) in [7, 11) is 0. The van der Waals surface area contributed by atoms with Crippen LogP contribution < -0.4 is 5.32 Å². The number of amides is 1. The van der Waals surface area contributed by atoms with Crippen LogP contribution in [0.5, 0.6) is 0 Å². The highest BCUT2D eigenvalue weighted by atomic mass is 35.5. The molecule has 5 heteroatoms. The maximum atomic E-state index is 12.3. The molecule has 3 rings (SSSR count). The summed E-state index contributed by atoms with van der Waals surface area (Å²) in [5.74, 6) is 1.78. The molecule has 1 aromatic carbocycles. The Kier molecular flexibility index (Phi) is 7.25. The molecule has 1 heterocycles. The van der Waals surface area contributed by atoms with Crippen LogP contribution in [0.4, 0.5) is 0 Å². The van der Waals surface area contributed by atoms with E-state index >= 15 is 0 Å². The number of halogens is 1. The molecule has 1 aliphatic heterocycles. The maximum absolute atomic E-state index is 12.3. The second-order valence-electron chi connectivity index (χ2n) is 6.61. The predicted molar refractivity (Wildman–Crippen MR) is 99.5 cm³/mol. The standard InChI is InChI=1S/C18H26N2OS.ClH/c1-14-2-6-17(7-3-14)22-13-18(21)20-10-8-16(9-11-20)19-12-15-4-5-15;/h2-3,6-7,15-16,19H,4-5,8-13H2,1H3;1H. The van der Waals surface area contributed by atoms with E-state index in [9.17, 15) is 4.79 Å². The Morgan fingerprint density at radius 3 is 2.43 bits per heavy atom. The molecule has 0 bridgehead atoms. The molecule has 1 saturated carbocycles. The number of aryl methyl sites for hydroxylation is 1. The third-order valence-electron chi connectivity index (χ3n) is 4.62. The summed E-state index contributed by atoms with van der Waals surface area (Å²) in [5.41, 5.74) is 1.26. The number of carbonyl (C=O) groups is 1. The van der Waals surface area contributed by atoms with Crippen LogP contribution in [0.15, 0.2) is 29.2 Å². The Labute approximate surface area is 150 Å². The van der Waals surface area contributed by atoms with E-state index in [0.29, 0.717) is 11.8 Å². The summed E-state index contributed by atoms with van der Waals surface area (Å²) in [6.45, 7) is 5.09. The number of thioether (sulfide) groups is 1. The molecule has 0 spiro atoms. The Balaban J connectivity index is 0.00000192. The number of nitrogens with one attached hydrogen (secondary N) is 1. The third-order valence-corrected chi connectivity index (χ3v) is 5.62. The van der Waals surface area contributed by atoms with Gasteiger partial charge < -0.3 is 10.2 Å². The summed E-state index contributed by atoms with van der Waals surface area (Å²) in [5, 5.41) is 3.66. The van der Waals surface area contributed by atoms with Crippen LogP contribution in [0, 0.1) is 12.8 Å². The van der Waals surface area contributed by atoms with E-state index < -0.39 is 0 Å². The van der Waals surface area contributed by atoms with E-state index in [0.717, 1.165) is 31.8 Å². The van der Waals surface area contributed by atoms with Crippen LogP contribution in [-0.2, 0) is 4.79 Å². The van der Waals surface area contributed by atoms with Crippen molar-refractivity contribution in [2.24, 2.45) is 5.92 Å². The molecule has 1 aromatic rings. The predicted octanol–water partition coefficient (Wildman–Crippen LogP) is 3.50. The van der Waals surface area contributed by atoms with Crippen molar-refractivity contribution in [3.63, 3.8) is 0 Å². The van der Waals surface area contributed by atoms with Gasteiger partial charge in [-0.25, -0.2) is 0 Å². The molecule has 0 unspecified atom stereocenters. The molecule has 0 atom stereocenters. The van der Waals surface area contributed by atoms with Crippen LogP contribution in [0.1, 0.15) is 31.2 Å². The summed E-state index contributed by atoms with van der Waals surface area (Å²) < 4.78 is 0. The van der Waals surface area contributed by atoms with E-state index in [2.05, 4.69) is 36.5 Å². The fourth-order valence-corrected chi connectivity index (χ4v) is 3.66. The maximum Gasteiger partial charge on any atom is 0.232 e. The molecule has 128 valence electrons. The Morgan fingerprint density at radius 1 is 1.17 bits per heavy atom. The second kappa shape index (κ2) is 8.95. The van der Waals surface area contributed by atoms with Gasteiger partial charge in [0, 0.05) is 24.0 Å². The lowest BCUT2D eigenvalue weighted by atomic mass is 10.0. The molecule has 1 N–H and O–H groups in total. The number of piperidine rings is 1. The fourth-order valence-electron chi connectivity index (χ4n) is 2.86. The zero-order valence-corrected chi connectivity index (χ0v) is 15.4. The molecular weight excluding hydrogens is 328 g/mol. The second-order valence-corrected chi connectivity index (χ2v) is 7.66. The van der Waals surface area contributed by atoms with Gasteiger partial charge in [-0.05, 0) is 57.2 Å². The Morgan fingerprint density at radius 2 is 1.83 bits per heavy atom. The lowest BCUT2D eigenvalue weighted by Crippen LogP contribution is -2.45. The van der Waals surface area contributed by atoms with Crippen LogP contribution in [-0.4, -0.2) is 42.2 Å². The van der Waals surface area contributed by atoms with Gasteiger partial charge in [0.05, 0.1) is 5.75 Å². The largest absolute Gasteiger partial charge is 0.342 e. The van der Waals surface area contributed by atoms with Gasteiger partial charge in [-0.3, -0.25) is 4.79 Å². The number of likely N-dealkylation sites (tertiary alicyclic amines) is 1. The third kappa shape index (κ3) is 6.02. The molecule has 2 aliphatic rings. The normalized spacial score (nSPS) is 18.6. The molecule has 1 saturated heterocycles. The average molecular weight is 355 g/mol. The van der Waals surface area contributed by atoms with E-state index in [1.165, 1.54) is 29.8 Å². The minimum absolute atomic E-state index is 0. The minimum Gasteiger partial charge on any atom is -0.342 e. The van der Waals surface area contributed by atoms with Gasteiger partial charge in [-0.15, -0.1) is 24.2 Å². The van der Waals surface area contributed by atoms with E-state index in [1.54, 1.807) is 11.8 Å². The number of hydrogen-bond donors (Lipinski definition) is 1. The number of hydrogen-bond acceptors (Lipinski definition) is 3. The van der Waals surface area contributed by atoms with Crippen molar-refractivity contribution in [3.05, 3.63) is 29.8 Å². The topological polar surface area (TPSA) is 32.3 Å². The minimum atomic E-state index is 0. The van der Waals surface area contributed by atoms with Gasteiger partial charge in [-0.1, -0.05) is 17.7 Å². The molecule has 23 heavy (non-hydrogen) atoms. The number of rotatable bonds is 6. The van der Waals surface area contributed by atoms with Crippen LogP contribution >= 0.6 is 24.2 Å². The highest BCUT2D eigenvalue weighted by Crippen LogP contribution is 2.28.